The minimum Gasteiger partial charge on any atom is -0.392 e. The fourth-order valence-electron chi connectivity index (χ4n) is 2.24. The average molecular weight is 262 g/mol. The lowest BCUT2D eigenvalue weighted by Crippen LogP contribution is -2.16. The predicted molar refractivity (Wildman–Crippen MR) is 72.5 cm³/mol. The molecule has 0 fully saturated rings. The summed E-state index contributed by atoms with van der Waals surface area (Å²) in [5.41, 5.74) is 2.94. The third-order valence-electron chi connectivity index (χ3n) is 3.11. The van der Waals surface area contributed by atoms with Crippen LogP contribution in [0.25, 0.3) is 0 Å². The minimum absolute atomic E-state index is 0.252. The van der Waals surface area contributed by atoms with E-state index in [1.807, 2.05) is 24.6 Å². The first kappa shape index (κ1) is 13.7. The van der Waals surface area contributed by atoms with Crippen molar-refractivity contribution in [2.24, 2.45) is 0 Å². The van der Waals surface area contributed by atoms with E-state index in [0.29, 0.717) is 12.8 Å². The normalized spacial score (nSPS) is 12.6. The summed E-state index contributed by atoms with van der Waals surface area (Å²) in [6.07, 6.45) is 0.604. The summed E-state index contributed by atoms with van der Waals surface area (Å²) in [5.74, 6) is -0.252. The van der Waals surface area contributed by atoms with Crippen molar-refractivity contribution in [3.63, 3.8) is 0 Å². The van der Waals surface area contributed by atoms with Crippen LogP contribution in [-0.2, 0) is 19.4 Å². The van der Waals surface area contributed by atoms with Gasteiger partial charge in [0.15, 0.2) is 0 Å². The van der Waals surface area contributed by atoms with Gasteiger partial charge >= 0.3 is 0 Å². The number of benzene rings is 1. The van der Waals surface area contributed by atoms with Crippen LogP contribution in [0.3, 0.4) is 0 Å². The molecule has 1 heterocycles. The van der Waals surface area contributed by atoms with E-state index < -0.39 is 6.10 Å². The smallest absolute Gasteiger partial charge is 0.123 e. The van der Waals surface area contributed by atoms with E-state index in [4.69, 9.17) is 0 Å². The second-order valence-corrected chi connectivity index (χ2v) is 4.78. The van der Waals surface area contributed by atoms with Gasteiger partial charge in [0.05, 0.1) is 11.8 Å². The largest absolute Gasteiger partial charge is 0.392 e. The molecule has 4 heteroatoms. The molecule has 2 aromatic rings. The molecule has 0 bridgehead atoms. The zero-order valence-electron chi connectivity index (χ0n) is 11.3. The molecule has 0 aliphatic carbocycles. The van der Waals surface area contributed by atoms with Crippen molar-refractivity contribution in [2.45, 2.75) is 39.3 Å². The molecule has 0 radical (unpaired) electrons. The number of aryl methyl sites for hydroxylation is 2. The van der Waals surface area contributed by atoms with Crippen molar-refractivity contribution in [3.8, 4) is 0 Å². The molecule has 0 amide bonds. The predicted octanol–water partition coefficient (Wildman–Crippen LogP) is 2.50. The Bertz CT molecular complexity index is 534. The molecule has 0 spiro atoms. The Morgan fingerprint density at radius 3 is 2.58 bits per heavy atom. The Morgan fingerprint density at radius 2 is 1.95 bits per heavy atom. The number of aromatic nitrogens is 2. The lowest BCUT2D eigenvalue weighted by molar-refractivity contribution is 0.172. The first-order valence-electron chi connectivity index (χ1n) is 6.54. The molecule has 1 N–H and O–H groups in total. The highest BCUT2D eigenvalue weighted by Crippen LogP contribution is 2.11. The van der Waals surface area contributed by atoms with Gasteiger partial charge in [0, 0.05) is 18.7 Å². The van der Waals surface area contributed by atoms with Crippen molar-refractivity contribution in [1.82, 2.24) is 9.78 Å². The molecule has 1 aromatic heterocycles. The van der Waals surface area contributed by atoms with E-state index in [-0.39, 0.29) is 5.82 Å². The Morgan fingerprint density at radius 1 is 1.26 bits per heavy atom. The maximum absolute atomic E-state index is 12.8. The highest BCUT2D eigenvalue weighted by Gasteiger charge is 2.11. The van der Waals surface area contributed by atoms with Gasteiger partial charge in [-0.05, 0) is 44.0 Å². The van der Waals surface area contributed by atoms with Gasteiger partial charge in [-0.1, -0.05) is 12.1 Å². The maximum Gasteiger partial charge on any atom is 0.123 e. The zero-order chi connectivity index (χ0) is 13.8. The highest BCUT2D eigenvalue weighted by atomic mass is 19.1. The van der Waals surface area contributed by atoms with Crippen LogP contribution in [0.4, 0.5) is 4.39 Å². The summed E-state index contributed by atoms with van der Waals surface area (Å²) in [4.78, 5) is 0. The fraction of sp³-hybridized carbons (Fsp3) is 0.400. The van der Waals surface area contributed by atoms with Gasteiger partial charge in [-0.15, -0.1) is 0 Å². The van der Waals surface area contributed by atoms with E-state index >= 15 is 0 Å². The Kier molecular flexibility index (Phi) is 4.32. The number of rotatable bonds is 5. The summed E-state index contributed by atoms with van der Waals surface area (Å²) in [6, 6.07) is 8.25. The second kappa shape index (κ2) is 5.97. The Labute approximate surface area is 112 Å². The summed E-state index contributed by atoms with van der Waals surface area (Å²) in [7, 11) is 0. The molecule has 102 valence electrons. The van der Waals surface area contributed by atoms with Gasteiger partial charge in [-0.25, -0.2) is 4.39 Å². The van der Waals surface area contributed by atoms with Gasteiger partial charge in [-0.2, -0.15) is 5.10 Å². The van der Waals surface area contributed by atoms with E-state index in [2.05, 4.69) is 5.10 Å². The third-order valence-corrected chi connectivity index (χ3v) is 3.11. The highest BCUT2D eigenvalue weighted by molar-refractivity contribution is 5.18. The Balaban J connectivity index is 2.00. The Hall–Kier alpha value is -1.68. The van der Waals surface area contributed by atoms with Crippen LogP contribution in [0, 0.1) is 12.7 Å². The zero-order valence-corrected chi connectivity index (χ0v) is 11.3. The van der Waals surface area contributed by atoms with Crippen LogP contribution in [0.1, 0.15) is 23.9 Å². The molecule has 0 aliphatic rings. The van der Waals surface area contributed by atoms with Gasteiger partial charge in [-0.3, -0.25) is 4.68 Å². The van der Waals surface area contributed by atoms with E-state index in [0.717, 1.165) is 23.5 Å². The van der Waals surface area contributed by atoms with E-state index in [9.17, 15) is 9.50 Å². The van der Waals surface area contributed by atoms with Gasteiger partial charge in [0.2, 0.25) is 0 Å². The van der Waals surface area contributed by atoms with Crippen LogP contribution in [0.5, 0.6) is 0 Å². The lowest BCUT2D eigenvalue weighted by Gasteiger charge is -2.11. The SMILES string of the molecule is CCn1nc(C)cc1CC(O)Cc1ccc(F)cc1. The molecule has 2 rings (SSSR count). The molecular formula is C15H19FN2O. The standard InChI is InChI=1S/C15H19FN2O/c1-3-18-14(8-11(2)17-18)10-15(19)9-12-4-6-13(16)7-5-12/h4-8,15,19H,3,9-10H2,1-2H3. The van der Waals surface area contributed by atoms with Gasteiger partial charge < -0.3 is 5.11 Å². The molecule has 0 aliphatic heterocycles. The van der Waals surface area contributed by atoms with Crippen LogP contribution in [-0.4, -0.2) is 21.0 Å². The number of nitrogens with zero attached hydrogens (tertiary/aromatic N) is 2. The van der Waals surface area contributed by atoms with Gasteiger partial charge in [0.25, 0.3) is 0 Å². The summed E-state index contributed by atoms with van der Waals surface area (Å²) >= 11 is 0. The average Bonchev–Trinajstić information content (AvgIpc) is 2.72. The van der Waals surface area contributed by atoms with Crippen molar-refractivity contribution in [3.05, 3.63) is 53.1 Å². The number of hydrogen-bond donors (Lipinski definition) is 1. The van der Waals surface area contributed by atoms with Crippen molar-refractivity contribution in [1.29, 1.82) is 0 Å². The monoisotopic (exact) mass is 262 g/mol. The topological polar surface area (TPSA) is 38.0 Å². The summed E-state index contributed by atoms with van der Waals surface area (Å²) < 4.78 is 14.7. The molecular weight excluding hydrogens is 243 g/mol. The van der Waals surface area contributed by atoms with Crippen LogP contribution < -0.4 is 0 Å². The van der Waals surface area contributed by atoms with Crippen molar-refractivity contribution in [2.75, 3.05) is 0 Å². The van der Waals surface area contributed by atoms with Crippen molar-refractivity contribution < 1.29 is 9.50 Å². The summed E-state index contributed by atoms with van der Waals surface area (Å²) in [6.45, 7) is 4.77. The van der Waals surface area contributed by atoms with E-state index in [1.165, 1.54) is 12.1 Å². The molecule has 19 heavy (non-hydrogen) atoms. The first-order valence-corrected chi connectivity index (χ1v) is 6.54. The molecule has 0 saturated carbocycles. The minimum atomic E-state index is -0.480. The number of halogens is 1. The molecule has 1 unspecified atom stereocenters. The molecule has 3 nitrogen and oxygen atoms in total. The van der Waals surface area contributed by atoms with Gasteiger partial charge in [0.1, 0.15) is 5.82 Å². The van der Waals surface area contributed by atoms with Crippen LogP contribution >= 0.6 is 0 Å². The van der Waals surface area contributed by atoms with Crippen LogP contribution in [0.2, 0.25) is 0 Å². The maximum atomic E-state index is 12.8. The van der Waals surface area contributed by atoms with Crippen molar-refractivity contribution >= 4 is 0 Å². The molecule has 0 saturated heterocycles. The first-order chi connectivity index (χ1) is 9.08. The number of hydrogen-bond acceptors (Lipinski definition) is 2. The lowest BCUT2D eigenvalue weighted by atomic mass is 10.0. The second-order valence-electron chi connectivity index (χ2n) is 4.78. The fourth-order valence-corrected chi connectivity index (χ4v) is 2.24. The molecule has 1 aromatic carbocycles. The summed E-state index contributed by atoms with van der Waals surface area (Å²) in [5, 5.41) is 14.5. The van der Waals surface area contributed by atoms with Crippen LogP contribution in [0.15, 0.2) is 30.3 Å². The van der Waals surface area contributed by atoms with E-state index in [1.54, 1.807) is 12.1 Å². The molecule has 1 atom stereocenters. The third kappa shape index (κ3) is 3.64. The number of aliphatic hydroxyl groups excluding tert-OH is 1. The number of aliphatic hydroxyl groups is 1. The quantitative estimate of drug-likeness (QED) is 0.899.